The number of halogens is 2. The summed E-state index contributed by atoms with van der Waals surface area (Å²) in [5.74, 6) is -1.23. The molecular weight excluding hydrogens is 325 g/mol. The van der Waals surface area contributed by atoms with Crippen LogP contribution in [-0.4, -0.2) is 11.1 Å². The van der Waals surface area contributed by atoms with E-state index in [1.807, 2.05) is 6.92 Å². The van der Waals surface area contributed by atoms with Gasteiger partial charge < -0.3 is 10.4 Å². The number of rotatable bonds is 4. The Kier molecular flexibility index (Phi) is 4.39. The maximum atomic E-state index is 13.0. The lowest BCUT2D eigenvalue weighted by Crippen LogP contribution is -2.04. The van der Waals surface area contributed by atoms with Crippen LogP contribution in [0, 0.1) is 12.7 Å². The van der Waals surface area contributed by atoms with Gasteiger partial charge in [0.2, 0.25) is 0 Å². The third-order valence-corrected chi connectivity index (χ3v) is 3.70. The minimum atomic E-state index is -0.944. The van der Waals surface area contributed by atoms with Gasteiger partial charge >= 0.3 is 5.97 Å². The third kappa shape index (κ3) is 3.36. The Labute approximate surface area is 124 Å². The van der Waals surface area contributed by atoms with Gasteiger partial charge in [0.25, 0.3) is 0 Å². The van der Waals surface area contributed by atoms with Crippen LogP contribution in [-0.2, 0) is 6.54 Å². The van der Waals surface area contributed by atoms with Crippen LogP contribution in [0.2, 0.25) is 0 Å². The Morgan fingerprint density at radius 3 is 2.65 bits per heavy atom. The van der Waals surface area contributed by atoms with Gasteiger partial charge in [-0.2, -0.15) is 0 Å². The van der Waals surface area contributed by atoms with Crippen LogP contribution in [0.4, 0.5) is 10.1 Å². The van der Waals surface area contributed by atoms with Crippen LogP contribution < -0.4 is 5.32 Å². The molecule has 0 aliphatic rings. The SMILES string of the molecule is Cc1cc(C(=O)O)ccc1NCc1ccc(F)cc1Br. The van der Waals surface area contributed by atoms with Crippen molar-refractivity contribution < 1.29 is 14.3 Å². The van der Waals surface area contributed by atoms with E-state index in [4.69, 9.17) is 5.11 Å². The summed E-state index contributed by atoms with van der Waals surface area (Å²) in [5, 5.41) is 12.1. The quantitative estimate of drug-likeness (QED) is 0.878. The molecule has 0 saturated carbocycles. The Morgan fingerprint density at radius 2 is 2.05 bits per heavy atom. The van der Waals surface area contributed by atoms with Crippen molar-refractivity contribution in [3.05, 3.63) is 63.4 Å². The fraction of sp³-hybridized carbons (Fsp3) is 0.133. The molecule has 0 atom stereocenters. The van der Waals surface area contributed by atoms with Gasteiger partial charge in [0.1, 0.15) is 5.82 Å². The third-order valence-electron chi connectivity index (χ3n) is 2.96. The largest absolute Gasteiger partial charge is 0.478 e. The highest BCUT2D eigenvalue weighted by Crippen LogP contribution is 2.21. The standard InChI is InChI=1S/C15H13BrFNO2/c1-9-6-10(15(19)20)3-5-14(9)18-8-11-2-4-12(17)7-13(11)16/h2-7,18H,8H2,1H3,(H,19,20). The molecule has 3 nitrogen and oxygen atoms in total. The molecular formula is C15H13BrFNO2. The van der Waals surface area contributed by atoms with Crippen LogP contribution >= 0.6 is 15.9 Å². The summed E-state index contributed by atoms with van der Waals surface area (Å²) in [6.45, 7) is 2.36. The van der Waals surface area contributed by atoms with E-state index in [0.717, 1.165) is 16.8 Å². The normalized spacial score (nSPS) is 10.3. The first-order valence-corrected chi connectivity index (χ1v) is 6.78. The number of aromatic carboxylic acids is 1. The van der Waals surface area contributed by atoms with Gasteiger partial charge in [0.05, 0.1) is 5.56 Å². The highest BCUT2D eigenvalue weighted by Gasteiger charge is 2.06. The Bertz CT molecular complexity index is 658. The zero-order valence-electron chi connectivity index (χ0n) is 10.8. The Morgan fingerprint density at radius 1 is 1.30 bits per heavy atom. The average Bonchev–Trinajstić information content (AvgIpc) is 2.38. The predicted molar refractivity (Wildman–Crippen MR) is 79.6 cm³/mol. The fourth-order valence-corrected chi connectivity index (χ4v) is 2.34. The van der Waals surface area contributed by atoms with Gasteiger partial charge in [0.15, 0.2) is 0 Å². The van der Waals surface area contributed by atoms with Crippen molar-refractivity contribution in [2.45, 2.75) is 13.5 Å². The number of hydrogen-bond donors (Lipinski definition) is 2. The van der Waals surface area contributed by atoms with Crippen molar-refractivity contribution in [3.63, 3.8) is 0 Å². The number of carboxylic acid groups (broad SMARTS) is 1. The van der Waals surface area contributed by atoms with Crippen molar-refractivity contribution in [1.82, 2.24) is 0 Å². The topological polar surface area (TPSA) is 49.3 Å². The summed E-state index contributed by atoms with van der Waals surface area (Å²) in [6, 6.07) is 9.42. The van der Waals surface area contributed by atoms with Crippen LogP contribution in [0.3, 0.4) is 0 Å². The summed E-state index contributed by atoms with van der Waals surface area (Å²) >= 11 is 3.31. The molecule has 0 saturated heterocycles. The lowest BCUT2D eigenvalue weighted by molar-refractivity contribution is 0.0697. The predicted octanol–water partition coefficient (Wildman–Crippen LogP) is 4.21. The van der Waals surface area contributed by atoms with E-state index in [2.05, 4.69) is 21.2 Å². The second kappa shape index (κ2) is 6.05. The van der Waals surface area contributed by atoms with E-state index < -0.39 is 5.97 Å². The summed E-state index contributed by atoms with van der Waals surface area (Å²) < 4.78 is 13.7. The molecule has 0 aliphatic carbocycles. The van der Waals surface area contributed by atoms with E-state index in [-0.39, 0.29) is 11.4 Å². The zero-order chi connectivity index (χ0) is 14.7. The van der Waals surface area contributed by atoms with Gasteiger partial charge in [-0.1, -0.05) is 22.0 Å². The number of aryl methyl sites for hydroxylation is 1. The lowest BCUT2D eigenvalue weighted by atomic mass is 10.1. The number of carbonyl (C=O) groups is 1. The molecule has 0 spiro atoms. The lowest BCUT2D eigenvalue weighted by Gasteiger charge is -2.11. The first-order valence-electron chi connectivity index (χ1n) is 5.99. The van der Waals surface area contributed by atoms with Crippen molar-refractivity contribution in [2.24, 2.45) is 0 Å². The van der Waals surface area contributed by atoms with Gasteiger partial charge in [-0.05, 0) is 48.4 Å². The molecule has 2 aromatic rings. The molecule has 2 aromatic carbocycles. The molecule has 2 rings (SSSR count). The molecule has 104 valence electrons. The maximum absolute atomic E-state index is 13.0. The highest BCUT2D eigenvalue weighted by molar-refractivity contribution is 9.10. The summed E-state index contributed by atoms with van der Waals surface area (Å²) in [6.07, 6.45) is 0. The molecule has 0 aromatic heterocycles. The number of anilines is 1. The molecule has 20 heavy (non-hydrogen) atoms. The molecule has 0 fully saturated rings. The van der Waals surface area contributed by atoms with Crippen molar-refractivity contribution in [2.75, 3.05) is 5.32 Å². The zero-order valence-corrected chi connectivity index (χ0v) is 12.4. The van der Waals surface area contributed by atoms with Crippen molar-refractivity contribution in [1.29, 1.82) is 0 Å². The molecule has 0 radical (unpaired) electrons. The molecule has 0 unspecified atom stereocenters. The van der Waals surface area contributed by atoms with E-state index in [0.29, 0.717) is 11.0 Å². The molecule has 0 heterocycles. The Hall–Kier alpha value is -1.88. The second-order valence-corrected chi connectivity index (χ2v) is 5.28. The van der Waals surface area contributed by atoms with Crippen LogP contribution in [0.25, 0.3) is 0 Å². The molecule has 5 heteroatoms. The molecule has 0 aliphatic heterocycles. The second-order valence-electron chi connectivity index (χ2n) is 4.42. The maximum Gasteiger partial charge on any atom is 0.335 e. The number of nitrogens with one attached hydrogen (secondary N) is 1. The van der Waals surface area contributed by atoms with Crippen molar-refractivity contribution >= 4 is 27.6 Å². The number of benzene rings is 2. The highest BCUT2D eigenvalue weighted by atomic mass is 79.9. The van der Waals surface area contributed by atoms with Gasteiger partial charge in [-0.25, -0.2) is 9.18 Å². The fourth-order valence-electron chi connectivity index (χ4n) is 1.85. The molecule has 0 amide bonds. The van der Waals surface area contributed by atoms with Crippen LogP contribution in [0.15, 0.2) is 40.9 Å². The first kappa shape index (κ1) is 14.5. The molecule has 2 N–H and O–H groups in total. The average molecular weight is 338 g/mol. The van der Waals surface area contributed by atoms with Crippen LogP contribution in [0.5, 0.6) is 0 Å². The summed E-state index contributed by atoms with van der Waals surface area (Å²) in [4.78, 5) is 10.9. The van der Waals surface area contributed by atoms with Crippen molar-refractivity contribution in [3.8, 4) is 0 Å². The minimum absolute atomic E-state index is 0.260. The summed E-state index contributed by atoms with van der Waals surface area (Å²) in [5.41, 5.74) is 2.89. The van der Waals surface area contributed by atoms with E-state index in [9.17, 15) is 9.18 Å². The van der Waals surface area contributed by atoms with E-state index >= 15 is 0 Å². The summed E-state index contributed by atoms with van der Waals surface area (Å²) in [7, 11) is 0. The number of hydrogen-bond acceptors (Lipinski definition) is 2. The first-order chi connectivity index (χ1) is 9.47. The smallest absolute Gasteiger partial charge is 0.335 e. The van der Waals surface area contributed by atoms with E-state index in [1.165, 1.54) is 12.1 Å². The van der Waals surface area contributed by atoms with Gasteiger partial charge in [0, 0.05) is 16.7 Å². The molecule has 0 bridgehead atoms. The van der Waals surface area contributed by atoms with Crippen LogP contribution in [0.1, 0.15) is 21.5 Å². The monoisotopic (exact) mass is 337 g/mol. The van der Waals surface area contributed by atoms with Gasteiger partial charge in [-0.3, -0.25) is 0 Å². The van der Waals surface area contributed by atoms with E-state index in [1.54, 1.807) is 24.3 Å². The minimum Gasteiger partial charge on any atom is -0.478 e. The number of carboxylic acids is 1. The van der Waals surface area contributed by atoms with Gasteiger partial charge in [-0.15, -0.1) is 0 Å². The Balaban J connectivity index is 2.13.